The van der Waals surface area contributed by atoms with Crippen LogP contribution in [0.15, 0.2) is 83.8 Å². The van der Waals surface area contributed by atoms with Gasteiger partial charge >= 0.3 is 0 Å². The fourth-order valence-electron chi connectivity index (χ4n) is 2.55. The number of hydrogen-bond donors (Lipinski definition) is 1. The van der Waals surface area contributed by atoms with Crippen molar-refractivity contribution >= 4 is 38.9 Å². The minimum atomic E-state index is -3.65. The van der Waals surface area contributed by atoms with E-state index in [1.54, 1.807) is 78.9 Å². The molecular weight excluding hydrogens is 412 g/mol. The zero-order valence-electron chi connectivity index (χ0n) is 15.6. The summed E-state index contributed by atoms with van der Waals surface area (Å²) in [6.45, 7) is -0.190. The van der Waals surface area contributed by atoms with Crippen molar-refractivity contribution in [2.75, 3.05) is 23.3 Å². The second-order valence-electron chi connectivity index (χ2n) is 6.13. The molecule has 0 fully saturated rings. The first-order chi connectivity index (χ1) is 13.9. The van der Waals surface area contributed by atoms with E-state index in [9.17, 15) is 13.2 Å². The Hall–Kier alpha value is -3.03. The smallest absolute Gasteiger partial charge is 0.264 e. The van der Waals surface area contributed by atoms with Crippen LogP contribution in [0.1, 0.15) is 0 Å². The number of halogens is 1. The lowest BCUT2D eigenvalue weighted by atomic mass is 10.3. The molecule has 29 heavy (non-hydrogen) atoms. The molecule has 0 saturated heterocycles. The van der Waals surface area contributed by atoms with Crippen LogP contribution >= 0.6 is 11.6 Å². The quantitative estimate of drug-likeness (QED) is 0.610. The van der Waals surface area contributed by atoms with Crippen LogP contribution in [0.4, 0.5) is 11.4 Å². The number of carbonyl (C=O) groups is 1. The number of sulfonamides is 1. The standard InChI is InChI=1S/C21H19ClN2O4S/c1-24(29(26,27)20-8-3-2-4-9-20)18-10-12-19(13-11-18)28-15-21(25)23-17-7-5-6-16(22)14-17/h2-14H,15H2,1H3,(H,23,25). The molecule has 0 aliphatic carbocycles. The number of ether oxygens (including phenoxy) is 1. The Kier molecular flexibility index (Phi) is 6.41. The lowest BCUT2D eigenvalue weighted by Crippen LogP contribution is -2.26. The molecule has 0 atom stereocenters. The highest BCUT2D eigenvalue weighted by atomic mass is 35.5. The van der Waals surface area contributed by atoms with Gasteiger partial charge in [0.05, 0.1) is 10.6 Å². The molecule has 0 spiro atoms. The van der Waals surface area contributed by atoms with Crippen LogP contribution < -0.4 is 14.4 Å². The van der Waals surface area contributed by atoms with Crippen molar-refractivity contribution in [3.05, 3.63) is 83.9 Å². The minimum absolute atomic E-state index is 0.190. The molecule has 0 aromatic heterocycles. The third-order valence-electron chi connectivity index (χ3n) is 4.08. The van der Waals surface area contributed by atoms with Crippen LogP contribution in [0.2, 0.25) is 5.02 Å². The van der Waals surface area contributed by atoms with Gasteiger partial charge in [0.2, 0.25) is 0 Å². The average Bonchev–Trinajstić information content (AvgIpc) is 2.73. The molecule has 0 unspecified atom stereocenters. The monoisotopic (exact) mass is 430 g/mol. The molecule has 3 aromatic rings. The first kappa shape index (κ1) is 20.7. The van der Waals surface area contributed by atoms with Crippen molar-refractivity contribution in [2.45, 2.75) is 4.90 Å². The first-order valence-electron chi connectivity index (χ1n) is 8.68. The molecule has 1 N–H and O–H groups in total. The molecule has 150 valence electrons. The summed E-state index contributed by atoms with van der Waals surface area (Å²) in [7, 11) is -2.17. The van der Waals surface area contributed by atoms with E-state index < -0.39 is 10.0 Å². The molecule has 0 bridgehead atoms. The third kappa shape index (κ3) is 5.28. The number of rotatable bonds is 7. The van der Waals surface area contributed by atoms with E-state index in [2.05, 4.69) is 5.32 Å². The molecule has 3 rings (SSSR count). The van der Waals surface area contributed by atoms with E-state index in [1.165, 1.54) is 11.4 Å². The maximum atomic E-state index is 12.7. The van der Waals surface area contributed by atoms with E-state index in [4.69, 9.17) is 16.3 Å². The normalized spacial score (nSPS) is 11.0. The van der Waals surface area contributed by atoms with Crippen LogP contribution in [-0.4, -0.2) is 28.0 Å². The van der Waals surface area contributed by atoms with Gasteiger partial charge in [0.15, 0.2) is 6.61 Å². The summed E-state index contributed by atoms with van der Waals surface area (Å²) in [5.74, 6) is 0.112. The molecule has 0 aliphatic rings. The van der Waals surface area contributed by atoms with Gasteiger partial charge in [0, 0.05) is 17.8 Å². The van der Waals surface area contributed by atoms with E-state index in [0.717, 1.165) is 0 Å². The van der Waals surface area contributed by atoms with E-state index in [0.29, 0.717) is 22.1 Å². The Labute approximate surface area is 174 Å². The van der Waals surface area contributed by atoms with Gasteiger partial charge in [0.25, 0.3) is 15.9 Å². The SMILES string of the molecule is CN(c1ccc(OCC(=O)Nc2cccc(Cl)c2)cc1)S(=O)(=O)c1ccccc1. The number of hydrogen-bond acceptors (Lipinski definition) is 4. The number of carbonyl (C=O) groups excluding carboxylic acids is 1. The first-order valence-corrected chi connectivity index (χ1v) is 10.5. The van der Waals surface area contributed by atoms with Gasteiger partial charge in [-0.05, 0) is 54.6 Å². The van der Waals surface area contributed by atoms with Gasteiger partial charge in [0.1, 0.15) is 5.75 Å². The largest absolute Gasteiger partial charge is 0.484 e. The van der Waals surface area contributed by atoms with Crippen molar-refractivity contribution in [3.63, 3.8) is 0 Å². The Morgan fingerprint density at radius 1 is 1.00 bits per heavy atom. The summed E-state index contributed by atoms with van der Waals surface area (Å²) < 4.78 is 32.0. The van der Waals surface area contributed by atoms with Crippen molar-refractivity contribution in [1.82, 2.24) is 0 Å². The fourth-order valence-corrected chi connectivity index (χ4v) is 3.96. The zero-order chi connectivity index (χ0) is 20.9. The highest BCUT2D eigenvalue weighted by Gasteiger charge is 2.20. The minimum Gasteiger partial charge on any atom is -0.484 e. The number of nitrogens with zero attached hydrogens (tertiary/aromatic N) is 1. The molecular formula is C21H19ClN2O4S. The van der Waals surface area contributed by atoms with Gasteiger partial charge in [-0.1, -0.05) is 35.9 Å². The molecule has 0 saturated carbocycles. The highest BCUT2D eigenvalue weighted by Crippen LogP contribution is 2.24. The molecule has 0 radical (unpaired) electrons. The number of benzene rings is 3. The van der Waals surface area contributed by atoms with Gasteiger partial charge in [-0.2, -0.15) is 0 Å². The van der Waals surface area contributed by atoms with E-state index in [-0.39, 0.29) is 17.4 Å². The summed E-state index contributed by atoms with van der Waals surface area (Å²) in [5, 5.41) is 3.21. The molecule has 8 heteroatoms. The lowest BCUT2D eigenvalue weighted by molar-refractivity contribution is -0.118. The van der Waals surface area contributed by atoms with Gasteiger partial charge in [-0.25, -0.2) is 8.42 Å². The van der Waals surface area contributed by atoms with Crippen LogP contribution in [0.5, 0.6) is 5.75 Å². The van der Waals surface area contributed by atoms with Crippen LogP contribution in [0.3, 0.4) is 0 Å². The van der Waals surface area contributed by atoms with Crippen molar-refractivity contribution in [2.24, 2.45) is 0 Å². The third-order valence-corrected chi connectivity index (χ3v) is 6.12. The maximum Gasteiger partial charge on any atom is 0.264 e. The Morgan fingerprint density at radius 3 is 2.34 bits per heavy atom. The average molecular weight is 431 g/mol. The van der Waals surface area contributed by atoms with Crippen LogP contribution in [0, 0.1) is 0 Å². The fraction of sp³-hybridized carbons (Fsp3) is 0.0952. The maximum absolute atomic E-state index is 12.7. The van der Waals surface area contributed by atoms with Gasteiger partial charge in [-0.3, -0.25) is 9.10 Å². The topological polar surface area (TPSA) is 75.7 Å². The van der Waals surface area contributed by atoms with Crippen molar-refractivity contribution < 1.29 is 17.9 Å². The van der Waals surface area contributed by atoms with E-state index in [1.807, 2.05) is 0 Å². The lowest BCUT2D eigenvalue weighted by Gasteiger charge is -2.19. The molecule has 0 aliphatic heterocycles. The molecule has 1 amide bonds. The number of anilines is 2. The summed E-state index contributed by atoms with van der Waals surface area (Å²) in [6.07, 6.45) is 0. The van der Waals surface area contributed by atoms with Gasteiger partial charge < -0.3 is 10.1 Å². The van der Waals surface area contributed by atoms with E-state index >= 15 is 0 Å². The Bertz CT molecular complexity index is 1090. The highest BCUT2D eigenvalue weighted by molar-refractivity contribution is 7.92. The second kappa shape index (κ2) is 8.98. The zero-order valence-corrected chi connectivity index (χ0v) is 17.2. The number of nitrogens with one attached hydrogen (secondary N) is 1. The number of amides is 1. The van der Waals surface area contributed by atoms with Crippen LogP contribution in [-0.2, 0) is 14.8 Å². The molecule has 0 heterocycles. The summed E-state index contributed by atoms with van der Waals surface area (Å²) in [4.78, 5) is 12.2. The summed E-state index contributed by atoms with van der Waals surface area (Å²) in [5.41, 5.74) is 1.05. The molecule has 6 nitrogen and oxygen atoms in total. The molecule has 3 aromatic carbocycles. The van der Waals surface area contributed by atoms with Crippen molar-refractivity contribution in [3.8, 4) is 5.75 Å². The second-order valence-corrected chi connectivity index (χ2v) is 8.53. The summed E-state index contributed by atoms with van der Waals surface area (Å²) in [6, 6.07) is 21.4. The predicted molar refractivity (Wildman–Crippen MR) is 114 cm³/mol. The Morgan fingerprint density at radius 2 is 1.69 bits per heavy atom. The van der Waals surface area contributed by atoms with Crippen molar-refractivity contribution in [1.29, 1.82) is 0 Å². The Balaban J connectivity index is 1.60. The van der Waals surface area contributed by atoms with Gasteiger partial charge in [-0.15, -0.1) is 0 Å². The van der Waals surface area contributed by atoms with Crippen LogP contribution in [0.25, 0.3) is 0 Å². The predicted octanol–water partition coefficient (Wildman–Crippen LogP) is 4.18. The summed E-state index contributed by atoms with van der Waals surface area (Å²) >= 11 is 5.88.